The average Bonchev–Trinajstić information content (AvgIpc) is 3.32. The molecule has 3 heterocycles. The molecule has 0 bridgehead atoms. The maximum atomic E-state index is 13.4. The van der Waals surface area contributed by atoms with Crippen molar-refractivity contribution in [2.24, 2.45) is 0 Å². The molecule has 1 N–H and O–H groups in total. The molecule has 0 saturated carbocycles. The fourth-order valence-corrected chi connectivity index (χ4v) is 4.49. The Bertz CT molecular complexity index is 938. The molecule has 6 nitrogen and oxygen atoms in total. The third kappa shape index (κ3) is 3.50. The summed E-state index contributed by atoms with van der Waals surface area (Å²) in [5, 5.41) is 0.483. The summed E-state index contributed by atoms with van der Waals surface area (Å²) in [6.07, 6.45) is 4.21. The van der Waals surface area contributed by atoms with Crippen molar-refractivity contribution >= 4 is 17.2 Å². The number of H-pyrrole nitrogens is 1. The molecule has 0 spiro atoms. The molecule has 1 unspecified atom stereocenters. The predicted molar refractivity (Wildman–Crippen MR) is 101 cm³/mol. The molecular weight excluding hydrogens is 365 g/mol. The summed E-state index contributed by atoms with van der Waals surface area (Å²) in [5.74, 6) is 0.143. The second kappa shape index (κ2) is 7.21. The molecule has 4 rings (SSSR count). The van der Waals surface area contributed by atoms with E-state index in [0.717, 1.165) is 35.6 Å². The monoisotopic (exact) mass is 385 g/mol. The first-order valence-electron chi connectivity index (χ1n) is 8.72. The van der Waals surface area contributed by atoms with Gasteiger partial charge in [0.25, 0.3) is 5.91 Å². The number of aromatic nitrogens is 3. The lowest BCUT2D eigenvalue weighted by Crippen LogP contribution is -2.32. The molecule has 1 amide bonds. The minimum Gasteiger partial charge on any atom is -0.347 e. The van der Waals surface area contributed by atoms with E-state index in [1.54, 1.807) is 36.5 Å². The van der Waals surface area contributed by atoms with E-state index in [9.17, 15) is 9.18 Å². The van der Waals surface area contributed by atoms with Crippen LogP contribution in [0.4, 0.5) is 4.39 Å². The van der Waals surface area contributed by atoms with Gasteiger partial charge in [0.05, 0.1) is 5.69 Å². The maximum absolute atomic E-state index is 13.4. The minimum absolute atomic E-state index is 0.164. The Labute approximate surface area is 160 Å². The number of aromatic amines is 1. The number of nitrogens with zero attached hydrogens (tertiary/aromatic N) is 4. The topological polar surface area (TPSA) is 65.1 Å². The highest BCUT2D eigenvalue weighted by Gasteiger charge is 2.29. The number of carbonyl (C=O) groups is 1. The van der Waals surface area contributed by atoms with E-state index >= 15 is 0 Å². The van der Waals surface area contributed by atoms with E-state index in [1.165, 1.54) is 23.5 Å². The van der Waals surface area contributed by atoms with Crippen LogP contribution in [0.5, 0.6) is 0 Å². The molecule has 27 heavy (non-hydrogen) atoms. The Kier molecular flexibility index (Phi) is 4.75. The molecule has 3 aromatic rings. The van der Waals surface area contributed by atoms with E-state index in [1.807, 2.05) is 0 Å². The summed E-state index contributed by atoms with van der Waals surface area (Å²) >= 11 is 1.45. The standard InChI is InChI=1S/C19H20FN5OS/c1-24-10-7-14-15(11-24)27-18(23-14)19(26)25(2)16(17-21-8-9-22-17)12-3-5-13(20)6-4-12/h3-6,8-9,16H,7,10-11H2,1-2H3,(H,21,22). The van der Waals surface area contributed by atoms with Crippen LogP contribution >= 0.6 is 11.3 Å². The molecule has 0 radical (unpaired) electrons. The van der Waals surface area contributed by atoms with E-state index in [2.05, 4.69) is 26.9 Å². The zero-order valence-electron chi connectivity index (χ0n) is 15.1. The highest BCUT2D eigenvalue weighted by Crippen LogP contribution is 2.30. The predicted octanol–water partition coefficient (Wildman–Crippen LogP) is 2.85. The van der Waals surface area contributed by atoms with Gasteiger partial charge in [-0.2, -0.15) is 0 Å². The Morgan fingerprint density at radius 3 is 2.85 bits per heavy atom. The van der Waals surface area contributed by atoms with Crippen molar-refractivity contribution in [3.8, 4) is 0 Å². The molecule has 1 aromatic carbocycles. The van der Waals surface area contributed by atoms with Crippen molar-refractivity contribution in [3.63, 3.8) is 0 Å². The molecule has 0 saturated heterocycles. The van der Waals surface area contributed by atoms with Gasteiger partial charge in [-0.3, -0.25) is 4.79 Å². The van der Waals surface area contributed by atoms with Crippen LogP contribution in [0, 0.1) is 5.82 Å². The van der Waals surface area contributed by atoms with Crippen LogP contribution in [-0.4, -0.2) is 51.3 Å². The number of hydrogen-bond donors (Lipinski definition) is 1. The third-order valence-corrected chi connectivity index (χ3v) is 5.85. The fourth-order valence-electron chi connectivity index (χ4n) is 3.32. The van der Waals surface area contributed by atoms with Crippen molar-refractivity contribution in [2.45, 2.75) is 19.0 Å². The molecule has 1 aliphatic heterocycles. The largest absolute Gasteiger partial charge is 0.347 e. The zero-order valence-corrected chi connectivity index (χ0v) is 16.0. The quantitative estimate of drug-likeness (QED) is 0.750. The average molecular weight is 385 g/mol. The van der Waals surface area contributed by atoms with Crippen LogP contribution in [0.2, 0.25) is 0 Å². The number of benzene rings is 1. The van der Waals surface area contributed by atoms with Gasteiger partial charge in [0.15, 0.2) is 5.01 Å². The van der Waals surface area contributed by atoms with Crippen LogP contribution in [0.15, 0.2) is 36.7 Å². The van der Waals surface area contributed by atoms with Crippen LogP contribution in [0.25, 0.3) is 0 Å². The van der Waals surface area contributed by atoms with Gasteiger partial charge in [-0.15, -0.1) is 11.3 Å². The highest BCUT2D eigenvalue weighted by molar-refractivity contribution is 7.13. The minimum atomic E-state index is -0.447. The van der Waals surface area contributed by atoms with E-state index < -0.39 is 6.04 Å². The van der Waals surface area contributed by atoms with Gasteiger partial charge in [0.2, 0.25) is 0 Å². The number of nitrogens with one attached hydrogen (secondary N) is 1. The number of rotatable bonds is 4. The first-order chi connectivity index (χ1) is 13.0. The van der Waals surface area contributed by atoms with Gasteiger partial charge < -0.3 is 14.8 Å². The number of halogens is 1. The number of imidazole rings is 1. The van der Waals surface area contributed by atoms with Crippen LogP contribution in [0.1, 0.15) is 37.8 Å². The van der Waals surface area contributed by atoms with Gasteiger partial charge in [-0.25, -0.2) is 14.4 Å². The highest BCUT2D eigenvalue weighted by atomic mass is 32.1. The van der Waals surface area contributed by atoms with Gasteiger partial charge in [-0.1, -0.05) is 12.1 Å². The fraction of sp³-hybridized carbons (Fsp3) is 0.316. The summed E-state index contributed by atoms with van der Waals surface area (Å²) < 4.78 is 13.4. The molecular formula is C19H20FN5OS. The molecule has 0 fully saturated rings. The summed E-state index contributed by atoms with van der Waals surface area (Å²) in [4.78, 5) is 30.1. The van der Waals surface area contributed by atoms with Gasteiger partial charge >= 0.3 is 0 Å². The van der Waals surface area contributed by atoms with Crippen molar-refractivity contribution in [3.05, 3.63) is 69.4 Å². The van der Waals surface area contributed by atoms with Gasteiger partial charge in [-0.05, 0) is 24.7 Å². The van der Waals surface area contributed by atoms with Crippen LogP contribution < -0.4 is 0 Å². The lowest BCUT2D eigenvalue weighted by atomic mass is 10.0. The number of likely N-dealkylation sites (N-methyl/N-ethyl adjacent to an activating group) is 1. The summed E-state index contributed by atoms with van der Waals surface area (Å²) in [5.41, 5.74) is 1.80. The third-order valence-electron chi connectivity index (χ3n) is 4.78. The molecule has 0 aliphatic carbocycles. The van der Waals surface area contributed by atoms with E-state index in [0.29, 0.717) is 10.8 Å². The van der Waals surface area contributed by atoms with Crippen molar-refractivity contribution in [2.75, 3.05) is 20.6 Å². The molecule has 2 aromatic heterocycles. The molecule has 1 atom stereocenters. The molecule has 140 valence electrons. The Hall–Kier alpha value is -2.58. The van der Waals surface area contributed by atoms with Crippen molar-refractivity contribution < 1.29 is 9.18 Å². The molecule has 1 aliphatic rings. The molecule has 8 heteroatoms. The lowest BCUT2D eigenvalue weighted by molar-refractivity contribution is 0.0749. The SMILES string of the molecule is CN1CCc2nc(C(=O)N(C)C(c3ccc(F)cc3)c3ncc[nH]3)sc2C1. The van der Waals surface area contributed by atoms with Gasteiger partial charge in [0, 0.05) is 43.8 Å². The van der Waals surface area contributed by atoms with Gasteiger partial charge in [0.1, 0.15) is 17.7 Å². The first-order valence-corrected chi connectivity index (χ1v) is 9.53. The Balaban J connectivity index is 1.66. The summed E-state index contributed by atoms with van der Waals surface area (Å²) in [6.45, 7) is 1.77. The lowest BCUT2D eigenvalue weighted by Gasteiger charge is -2.26. The van der Waals surface area contributed by atoms with Crippen molar-refractivity contribution in [1.29, 1.82) is 0 Å². The van der Waals surface area contributed by atoms with E-state index in [-0.39, 0.29) is 11.7 Å². The van der Waals surface area contributed by atoms with E-state index in [4.69, 9.17) is 0 Å². The number of thiazole rings is 1. The Morgan fingerprint density at radius 2 is 2.15 bits per heavy atom. The normalized spacial score (nSPS) is 15.4. The Morgan fingerprint density at radius 1 is 1.37 bits per heavy atom. The van der Waals surface area contributed by atoms with Crippen LogP contribution in [-0.2, 0) is 13.0 Å². The second-order valence-electron chi connectivity index (χ2n) is 6.72. The smallest absolute Gasteiger partial charge is 0.283 e. The number of hydrogen-bond acceptors (Lipinski definition) is 5. The number of amides is 1. The van der Waals surface area contributed by atoms with Crippen LogP contribution in [0.3, 0.4) is 0 Å². The maximum Gasteiger partial charge on any atom is 0.283 e. The number of carbonyl (C=O) groups excluding carboxylic acids is 1. The number of fused-ring (bicyclic) bond motifs is 1. The summed E-state index contributed by atoms with van der Waals surface area (Å²) in [6, 6.07) is 5.68. The summed E-state index contributed by atoms with van der Waals surface area (Å²) in [7, 11) is 3.79. The second-order valence-corrected chi connectivity index (χ2v) is 7.80. The first kappa shape index (κ1) is 17.8. The van der Waals surface area contributed by atoms with Crippen molar-refractivity contribution in [1.82, 2.24) is 24.8 Å². The zero-order chi connectivity index (χ0) is 19.0.